The van der Waals surface area contributed by atoms with E-state index in [-0.39, 0.29) is 12.3 Å². The lowest BCUT2D eigenvalue weighted by atomic mass is 10.0. The summed E-state index contributed by atoms with van der Waals surface area (Å²) >= 11 is 0. The smallest absolute Gasteiger partial charge is 0.321 e. The molecule has 5 heteroatoms. The molecular weight excluding hydrogens is 290 g/mol. The molecule has 0 fully saturated rings. The standard InChI is InChI=1S/C18H39N3O2/c1-4-5-6-7-8-9-10-11-12-13-14-17(18(22)23)21(15(2)19)16(3)20/h15-17H,4-14,19-20H2,1-3H3,(H,22,23). The van der Waals surface area contributed by atoms with Gasteiger partial charge in [-0.15, -0.1) is 0 Å². The number of carboxylic acids is 1. The van der Waals surface area contributed by atoms with E-state index < -0.39 is 12.0 Å². The largest absolute Gasteiger partial charge is 0.480 e. The van der Waals surface area contributed by atoms with E-state index in [0.29, 0.717) is 6.42 Å². The van der Waals surface area contributed by atoms with E-state index in [1.165, 1.54) is 51.4 Å². The summed E-state index contributed by atoms with van der Waals surface area (Å²) in [4.78, 5) is 13.2. The van der Waals surface area contributed by atoms with Crippen molar-refractivity contribution in [1.29, 1.82) is 0 Å². The minimum absolute atomic E-state index is 0.348. The molecule has 0 radical (unpaired) electrons. The number of unbranched alkanes of at least 4 members (excludes halogenated alkanes) is 9. The molecule has 0 saturated carbocycles. The first-order valence-electron chi connectivity index (χ1n) is 9.43. The Morgan fingerprint density at radius 1 is 0.870 bits per heavy atom. The second kappa shape index (κ2) is 13.8. The molecule has 0 rings (SSSR count). The predicted molar refractivity (Wildman–Crippen MR) is 97.0 cm³/mol. The van der Waals surface area contributed by atoms with Crippen LogP contribution in [0, 0.1) is 0 Å². The SMILES string of the molecule is CCCCCCCCCCCCC(C(=O)O)N(C(C)N)C(C)N. The van der Waals surface area contributed by atoms with Gasteiger partial charge in [-0.2, -0.15) is 0 Å². The molecule has 0 aliphatic heterocycles. The number of aliphatic carboxylic acids is 1. The van der Waals surface area contributed by atoms with Gasteiger partial charge in [-0.3, -0.25) is 9.69 Å². The van der Waals surface area contributed by atoms with Gasteiger partial charge in [0.15, 0.2) is 0 Å². The van der Waals surface area contributed by atoms with E-state index >= 15 is 0 Å². The third kappa shape index (κ3) is 10.7. The summed E-state index contributed by atoms with van der Waals surface area (Å²) in [6.07, 6.45) is 12.4. The van der Waals surface area contributed by atoms with Gasteiger partial charge in [0.1, 0.15) is 6.04 Å². The van der Waals surface area contributed by atoms with Crippen molar-refractivity contribution in [3.63, 3.8) is 0 Å². The molecule has 3 atom stereocenters. The highest BCUT2D eigenvalue weighted by atomic mass is 16.4. The summed E-state index contributed by atoms with van der Waals surface area (Å²) in [5.41, 5.74) is 11.8. The number of rotatable bonds is 15. The van der Waals surface area contributed by atoms with Crippen molar-refractivity contribution in [1.82, 2.24) is 4.90 Å². The zero-order chi connectivity index (χ0) is 17.7. The molecule has 0 aromatic heterocycles. The summed E-state index contributed by atoms with van der Waals surface area (Å²) in [6.45, 7) is 5.82. The van der Waals surface area contributed by atoms with Gasteiger partial charge in [0, 0.05) is 0 Å². The van der Waals surface area contributed by atoms with E-state index in [1.807, 2.05) is 0 Å². The molecule has 5 nitrogen and oxygen atoms in total. The van der Waals surface area contributed by atoms with Gasteiger partial charge in [0.05, 0.1) is 12.3 Å². The van der Waals surface area contributed by atoms with Crippen LogP contribution < -0.4 is 11.5 Å². The van der Waals surface area contributed by atoms with Crippen molar-refractivity contribution in [2.24, 2.45) is 11.5 Å². The maximum atomic E-state index is 11.5. The Hall–Kier alpha value is -0.650. The second-order valence-corrected chi connectivity index (χ2v) is 6.75. The maximum Gasteiger partial charge on any atom is 0.321 e. The van der Waals surface area contributed by atoms with E-state index in [1.54, 1.807) is 18.7 Å². The number of hydrogen-bond donors (Lipinski definition) is 3. The monoisotopic (exact) mass is 329 g/mol. The van der Waals surface area contributed by atoms with Crippen molar-refractivity contribution in [3.8, 4) is 0 Å². The Labute approximate surface area is 142 Å². The van der Waals surface area contributed by atoms with Gasteiger partial charge >= 0.3 is 5.97 Å². The van der Waals surface area contributed by atoms with E-state index in [0.717, 1.165) is 12.8 Å². The molecule has 23 heavy (non-hydrogen) atoms. The molecule has 0 heterocycles. The Morgan fingerprint density at radius 2 is 1.26 bits per heavy atom. The Balaban J connectivity index is 3.87. The molecule has 0 spiro atoms. The van der Waals surface area contributed by atoms with Crippen LogP contribution in [0.4, 0.5) is 0 Å². The molecule has 3 unspecified atom stereocenters. The van der Waals surface area contributed by atoms with Crippen LogP contribution in [0.3, 0.4) is 0 Å². The van der Waals surface area contributed by atoms with Gasteiger partial charge in [-0.1, -0.05) is 71.1 Å². The first-order chi connectivity index (χ1) is 10.9. The van der Waals surface area contributed by atoms with Crippen LogP contribution in [-0.2, 0) is 4.79 Å². The van der Waals surface area contributed by atoms with Gasteiger partial charge in [-0.25, -0.2) is 0 Å². The van der Waals surface area contributed by atoms with Crippen LogP contribution in [0.2, 0.25) is 0 Å². The number of hydrogen-bond acceptors (Lipinski definition) is 4. The highest BCUT2D eigenvalue weighted by molar-refractivity contribution is 5.73. The minimum atomic E-state index is -0.824. The molecule has 0 aliphatic carbocycles. The summed E-state index contributed by atoms with van der Waals surface area (Å²) in [7, 11) is 0. The Morgan fingerprint density at radius 3 is 1.61 bits per heavy atom. The van der Waals surface area contributed by atoms with Crippen molar-refractivity contribution in [2.75, 3.05) is 0 Å². The van der Waals surface area contributed by atoms with Gasteiger partial charge < -0.3 is 16.6 Å². The number of nitrogens with two attached hydrogens (primary N) is 2. The lowest BCUT2D eigenvalue weighted by molar-refractivity contribution is -0.145. The van der Waals surface area contributed by atoms with Gasteiger partial charge in [0.2, 0.25) is 0 Å². The van der Waals surface area contributed by atoms with Crippen molar-refractivity contribution >= 4 is 5.97 Å². The number of nitrogens with zero attached hydrogens (tertiary/aromatic N) is 1. The fourth-order valence-electron chi connectivity index (χ4n) is 3.16. The van der Waals surface area contributed by atoms with Gasteiger partial charge in [-0.05, 0) is 20.3 Å². The first kappa shape index (κ1) is 22.4. The lowest BCUT2D eigenvalue weighted by Gasteiger charge is -2.35. The fraction of sp³-hybridized carbons (Fsp3) is 0.944. The summed E-state index contributed by atoms with van der Waals surface area (Å²) in [6, 6.07) is -0.580. The molecule has 0 aliphatic rings. The molecule has 0 aromatic carbocycles. The molecule has 5 N–H and O–H groups in total. The molecule has 0 saturated heterocycles. The number of carboxylic acid groups (broad SMARTS) is 1. The molecule has 138 valence electrons. The highest BCUT2D eigenvalue weighted by Gasteiger charge is 2.29. The van der Waals surface area contributed by atoms with Crippen LogP contribution >= 0.6 is 0 Å². The second-order valence-electron chi connectivity index (χ2n) is 6.75. The quantitative estimate of drug-likeness (QED) is 0.315. The maximum absolute atomic E-state index is 11.5. The molecular formula is C18H39N3O2. The third-order valence-corrected chi connectivity index (χ3v) is 4.42. The predicted octanol–water partition coefficient (Wildman–Crippen LogP) is 3.66. The summed E-state index contributed by atoms with van der Waals surface area (Å²) < 4.78 is 0. The molecule has 0 amide bonds. The van der Waals surface area contributed by atoms with Crippen molar-refractivity contribution in [2.45, 2.75) is 110 Å². The average molecular weight is 330 g/mol. The van der Waals surface area contributed by atoms with Crippen molar-refractivity contribution < 1.29 is 9.90 Å². The zero-order valence-electron chi connectivity index (χ0n) is 15.5. The first-order valence-corrected chi connectivity index (χ1v) is 9.43. The van der Waals surface area contributed by atoms with E-state index in [9.17, 15) is 9.90 Å². The van der Waals surface area contributed by atoms with Crippen LogP contribution in [0.25, 0.3) is 0 Å². The minimum Gasteiger partial charge on any atom is -0.480 e. The van der Waals surface area contributed by atoms with Crippen LogP contribution in [0.5, 0.6) is 0 Å². The van der Waals surface area contributed by atoms with Crippen molar-refractivity contribution in [3.05, 3.63) is 0 Å². The summed E-state index contributed by atoms with van der Waals surface area (Å²) in [5, 5.41) is 9.43. The average Bonchev–Trinajstić information content (AvgIpc) is 2.46. The van der Waals surface area contributed by atoms with Gasteiger partial charge in [0.25, 0.3) is 0 Å². The van der Waals surface area contributed by atoms with E-state index in [2.05, 4.69) is 6.92 Å². The number of carbonyl (C=O) groups is 1. The van der Waals surface area contributed by atoms with Crippen LogP contribution in [-0.4, -0.2) is 34.3 Å². The summed E-state index contributed by atoms with van der Waals surface area (Å²) in [5.74, 6) is -0.824. The Kier molecular flexibility index (Phi) is 13.4. The Bertz CT molecular complexity index is 288. The lowest BCUT2D eigenvalue weighted by Crippen LogP contribution is -2.57. The fourth-order valence-corrected chi connectivity index (χ4v) is 3.16. The topological polar surface area (TPSA) is 92.6 Å². The third-order valence-electron chi connectivity index (χ3n) is 4.42. The zero-order valence-corrected chi connectivity index (χ0v) is 15.5. The molecule has 0 bridgehead atoms. The van der Waals surface area contributed by atoms with Crippen LogP contribution in [0.1, 0.15) is 91.4 Å². The van der Waals surface area contributed by atoms with Crippen LogP contribution in [0.15, 0.2) is 0 Å². The molecule has 0 aromatic rings. The van der Waals surface area contributed by atoms with E-state index in [4.69, 9.17) is 11.5 Å². The highest BCUT2D eigenvalue weighted by Crippen LogP contribution is 2.16. The normalized spacial score (nSPS) is 15.6.